The molecule has 16 amide bonds. The number of benzene rings is 2. The Morgan fingerprint density at radius 3 is 1.67 bits per heavy atom. The van der Waals surface area contributed by atoms with E-state index in [-0.39, 0.29) is 133 Å². The zero-order chi connectivity index (χ0) is 96.9. The number of nitrogens with two attached hydrogens (primary N) is 3. The zero-order valence-corrected chi connectivity index (χ0v) is 76.2. The van der Waals surface area contributed by atoms with Crippen LogP contribution in [-0.4, -0.2) is 331 Å². The number of amides is 16. The van der Waals surface area contributed by atoms with E-state index in [0.29, 0.717) is 124 Å². The first kappa shape index (κ1) is 106. The van der Waals surface area contributed by atoms with Gasteiger partial charge in [0.1, 0.15) is 66.2 Å². The summed E-state index contributed by atoms with van der Waals surface area (Å²) in [6, 6.07) is -1.12. The van der Waals surface area contributed by atoms with Crippen LogP contribution in [0.3, 0.4) is 0 Å². The Balaban J connectivity index is 0.726. The second-order valence-electron chi connectivity index (χ2n) is 33.9. The van der Waals surface area contributed by atoms with Gasteiger partial charge in [0.25, 0.3) is 5.91 Å². The fourth-order valence-electron chi connectivity index (χ4n) is 17.3. The van der Waals surface area contributed by atoms with Crippen molar-refractivity contribution in [3.05, 3.63) is 53.6 Å². The van der Waals surface area contributed by atoms with Gasteiger partial charge in [0.2, 0.25) is 94.5 Å². The number of hydrogen-bond acceptors (Lipinski definition) is 27. The molecule has 0 bridgehead atoms. The number of aromatic nitrogens is 1. The van der Waals surface area contributed by atoms with E-state index in [1.807, 2.05) is 6.92 Å². The zero-order valence-electron chi connectivity index (χ0n) is 75.4. The fourth-order valence-corrected chi connectivity index (χ4v) is 18.6. The third kappa shape index (κ3) is 31.3. The molecule has 2 aromatic carbocycles. The van der Waals surface area contributed by atoms with Crippen LogP contribution in [0.5, 0.6) is 11.6 Å². The third-order valence-electron chi connectivity index (χ3n) is 24.3. The number of carbonyl (C=O) groups is 17. The number of carboxylic acids is 1. The van der Waals surface area contributed by atoms with Crippen molar-refractivity contribution in [1.82, 2.24) is 93.7 Å². The van der Waals surface area contributed by atoms with E-state index in [1.165, 1.54) is 26.1 Å². The number of thioether (sulfide) groups is 1. The number of rotatable bonds is 54. The first-order valence-corrected chi connectivity index (χ1v) is 46.9. The van der Waals surface area contributed by atoms with Gasteiger partial charge in [-0.25, -0.2) is 4.79 Å². The Bertz CT molecular complexity index is 4630. The molecule has 47 heteroatoms. The van der Waals surface area contributed by atoms with Crippen molar-refractivity contribution in [3.8, 4) is 11.6 Å². The van der Waals surface area contributed by atoms with Crippen molar-refractivity contribution in [1.29, 1.82) is 5.41 Å². The van der Waals surface area contributed by atoms with Crippen LogP contribution in [0.1, 0.15) is 153 Å². The Morgan fingerprint density at radius 1 is 0.515 bits per heavy atom. The van der Waals surface area contributed by atoms with Crippen molar-refractivity contribution < 1.29 is 116 Å². The van der Waals surface area contributed by atoms with Crippen LogP contribution >= 0.6 is 11.8 Å². The molecule has 0 radical (unpaired) electrons. The predicted molar refractivity (Wildman–Crippen MR) is 482 cm³/mol. The Kier molecular flexibility index (Phi) is 42.4. The average Bonchev–Trinajstić information content (AvgIpc) is 1.61. The standard InChI is InChI=1S/C87H130N22O24S/c1-2-131-34-35-132-33-15-31-92-72(118)48-133-55-26-27-56-57(38-55)85-109(81(56)125)65(49-134-85)78(122)98-42-69(115)96-40-67(113)94-39-66(112)95-41-68(114)97-43-70(116)100-58(22-9-11-28-88)75(119)101-59(23-10-12-29-89)76(120)102-60(24-13-30-93-87(90)91)82(126)106-32-14-25-62(106)84(128)108-46-54(111)37-64(108)77(121)99-44-71(117)104-73(50-16-3-4-17-50)80(124)103-61(47-110)83(127)107-45-53-21-8-7-20-52(53)36-63(107)79(123)105-74(86(129)130)51-18-5-6-19-51/h7-8,20-21,26-27,38,50-51,54,58-65,73-74,110-111,125H,2-6,9-19,22-25,28-37,39-49,88-89H2,1H3,(H,92,118)(H,94,113)(H,95,112)(H,96,115)(H,97,114)(H,98,122)(H,99,121)(H,100,116)(H,101,119)(H,102,120)(H,103,124)(H,104,117)(H,105,123)(H,129,130)(H4,90,91,93)/t54-,58+,59+,60+,61+,62+,63-,64+,65+,73+,74+/m1/s1. The molecule has 0 unspecified atom stereocenters. The van der Waals surface area contributed by atoms with Crippen molar-refractivity contribution in [2.24, 2.45) is 29.0 Å². The molecule has 738 valence electrons. The second-order valence-corrected chi connectivity index (χ2v) is 34.9. The lowest BCUT2D eigenvalue weighted by Crippen LogP contribution is -2.62. The maximum absolute atomic E-state index is 15.0. The van der Waals surface area contributed by atoms with Crippen LogP contribution in [-0.2, 0) is 104 Å². The number of nitrogens with one attached hydrogen (secondary N) is 15. The molecule has 9 rings (SSSR count). The summed E-state index contributed by atoms with van der Waals surface area (Å²) in [5, 5.41) is 88.0. The molecule has 134 heavy (non-hydrogen) atoms. The summed E-state index contributed by atoms with van der Waals surface area (Å²) >= 11 is 1.29. The number of aliphatic hydroxyl groups excluding tert-OH is 2. The van der Waals surface area contributed by atoms with Gasteiger partial charge in [0.15, 0.2) is 12.6 Å². The topological polar surface area (TPSA) is 684 Å². The minimum atomic E-state index is -1.63. The van der Waals surface area contributed by atoms with E-state index in [9.17, 15) is 97.1 Å². The molecule has 25 N–H and O–H groups in total. The number of aliphatic carboxylic acids is 1. The number of fused-ring (bicyclic) bond motifs is 4. The minimum absolute atomic E-state index is 0.00792. The van der Waals surface area contributed by atoms with Crippen molar-refractivity contribution in [3.63, 3.8) is 0 Å². The van der Waals surface area contributed by atoms with E-state index in [2.05, 4.69) is 74.4 Å². The van der Waals surface area contributed by atoms with Gasteiger partial charge in [-0.15, -0.1) is 11.8 Å². The number of β-amino-alcohol motifs (C(OH)–C–C–N with tert-alkyl or cyclic N) is 1. The monoisotopic (exact) mass is 1900 g/mol. The van der Waals surface area contributed by atoms with Gasteiger partial charge in [0.05, 0.1) is 70.2 Å². The molecule has 1 aromatic heterocycles. The number of ether oxygens (including phenoxy) is 3. The molecule has 46 nitrogen and oxygen atoms in total. The highest BCUT2D eigenvalue weighted by Crippen LogP contribution is 2.47. The maximum Gasteiger partial charge on any atom is 0.326 e. The van der Waals surface area contributed by atoms with Crippen molar-refractivity contribution >= 4 is 129 Å². The number of carbonyl (C=O) groups excluding carboxylic acids is 16. The number of aliphatic hydroxyl groups is 2. The molecule has 0 spiro atoms. The number of nitrogens with zero attached hydrogens (tertiary/aromatic N) is 4. The van der Waals surface area contributed by atoms with Gasteiger partial charge in [0, 0.05) is 75.3 Å². The van der Waals surface area contributed by atoms with Crippen LogP contribution in [0.4, 0.5) is 0 Å². The van der Waals surface area contributed by atoms with Crippen LogP contribution in [0.25, 0.3) is 10.8 Å². The van der Waals surface area contributed by atoms with E-state index in [4.69, 9.17) is 36.8 Å². The summed E-state index contributed by atoms with van der Waals surface area (Å²) in [6.45, 7) is -0.908. The summed E-state index contributed by atoms with van der Waals surface area (Å²) < 4.78 is 17.8. The van der Waals surface area contributed by atoms with E-state index < -0.39 is 213 Å². The number of aromatic hydroxyl groups is 1. The summed E-state index contributed by atoms with van der Waals surface area (Å²) in [5.41, 5.74) is 18.6. The molecule has 2 aliphatic carbocycles. The van der Waals surface area contributed by atoms with Crippen molar-refractivity contribution in [2.75, 3.05) is 124 Å². The van der Waals surface area contributed by atoms with Crippen LogP contribution in [0.2, 0.25) is 0 Å². The van der Waals surface area contributed by atoms with Gasteiger partial charge >= 0.3 is 5.97 Å². The van der Waals surface area contributed by atoms with Crippen LogP contribution in [0.15, 0.2) is 47.5 Å². The molecule has 5 heterocycles. The lowest BCUT2D eigenvalue weighted by Gasteiger charge is -2.38. The second kappa shape index (κ2) is 53.7. The average molecular weight is 1900 g/mol. The largest absolute Gasteiger partial charge is 0.494 e. The normalized spacial score (nSPS) is 18.8. The van der Waals surface area contributed by atoms with Crippen molar-refractivity contribution in [2.45, 2.75) is 220 Å². The van der Waals surface area contributed by atoms with E-state index in [0.717, 1.165) is 23.3 Å². The summed E-state index contributed by atoms with van der Waals surface area (Å²) in [4.78, 5) is 237. The smallest absolute Gasteiger partial charge is 0.326 e. The number of unbranched alkanes of at least 4 members (excludes halogenated alkanes) is 2. The van der Waals surface area contributed by atoms with E-state index >= 15 is 4.79 Å². The van der Waals surface area contributed by atoms with Gasteiger partial charge in [-0.1, -0.05) is 49.9 Å². The first-order valence-electron chi connectivity index (χ1n) is 45.9. The van der Waals surface area contributed by atoms with Gasteiger partial charge < -0.3 is 141 Å². The SMILES string of the molecule is CCOCCOCCCNC(=O)COc1ccc2c(O)n3c(c2c1)SC[C@H]3C(=O)NCC(=O)NCC(=O)NCC(=O)NCC(=O)NCC(=O)N[C@@H](CCCCN)C(=O)N[C@@H](CCCCN)C(=O)N[C@@H](CCCNC(=N)N)C(=O)N1CCC[C@H]1C(=O)N1C[C@H](O)C[C@H]1C(=O)NCC(=O)N[C@H](C(=O)N[C@@H](CO)C(=O)N1Cc2ccccc2C[C@@H]1C(=O)N[C@H](C(=O)O)C1CCCC1)C1CCCC1. The molecule has 2 saturated heterocycles. The molecule has 6 aliphatic rings. The maximum atomic E-state index is 15.0. The van der Waals surface area contributed by atoms with Gasteiger partial charge in [-0.05, 0) is 157 Å². The lowest BCUT2D eigenvalue weighted by atomic mass is 9.91. The molecular weight excluding hydrogens is 1770 g/mol. The summed E-state index contributed by atoms with van der Waals surface area (Å²) in [6.07, 6.45) is 5.88. The minimum Gasteiger partial charge on any atom is -0.494 e. The van der Waals surface area contributed by atoms with E-state index in [1.54, 1.807) is 42.5 Å². The number of likely N-dealkylation sites (tertiary alicyclic amines) is 2. The quantitative estimate of drug-likeness (QED) is 0.0142. The highest BCUT2D eigenvalue weighted by Gasteiger charge is 2.48. The molecule has 4 aliphatic heterocycles. The molecular formula is C87H130N22O24S. The number of carboxylic acid groups (broad SMARTS) is 1. The Morgan fingerprint density at radius 2 is 1.06 bits per heavy atom. The molecule has 3 aromatic rings. The highest BCUT2D eigenvalue weighted by molar-refractivity contribution is 7.99. The third-order valence-corrected chi connectivity index (χ3v) is 25.4. The number of guanidine groups is 1. The lowest BCUT2D eigenvalue weighted by molar-refractivity contribution is -0.148. The summed E-state index contributed by atoms with van der Waals surface area (Å²) in [7, 11) is 0. The van der Waals surface area contributed by atoms with Gasteiger partial charge in [-0.3, -0.25) is 86.7 Å². The van der Waals surface area contributed by atoms with Crippen LogP contribution in [0, 0.1) is 17.2 Å². The van der Waals surface area contributed by atoms with Crippen LogP contribution < -0.4 is 96.4 Å². The Labute approximate surface area is 778 Å². The molecule has 4 fully saturated rings. The fraction of sp³-hybridized carbons (Fsp3) is 0.632. The first-order chi connectivity index (χ1) is 64.4. The number of hydrogen-bond donors (Lipinski definition) is 22. The predicted octanol–water partition coefficient (Wildman–Crippen LogP) is -5.58. The molecule has 11 atom stereocenters. The highest BCUT2D eigenvalue weighted by atomic mass is 32.2. The van der Waals surface area contributed by atoms with Gasteiger partial charge in [-0.2, -0.15) is 0 Å². The Hall–Kier alpha value is -12.1. The summed E-state index contributed by atoms with van der Waals surface area (Å²) in [5.74, 6) is -14.4. The molecule has 2 saturated carbocycles.